The highest BCUT2D eigenvalue weighted by molar-refractivity contribution is 6.34. The second-order valence-corrected chi connectivity index (χ2v) is 8.83. The first-order valence-corrected chi connectivity index (χ1v) is 10.6. The summed E-state index contributed by atoms with van der Waals surface area (Å²) in [7, 11) is 0. The number of pyridine rings is 1. The fourth-order valence-corrected chi connectivity index (χ4v) is 5.08. The van der Waals surface area contributed by atoms with Crippen LogP contribution < -0.4 is 5.32 Å². The van der Waals surface area contributed by atoms with E-state index in [1.54, 1.807) is 12.1 Å². The second kappa shape index (κ2) is 7.00. The minimum Gasteiger partial charge on any atom is -0.347 e. The summed E-state index contributed by atoms with van der Waals surface area (Å²) in [5.74, 6) is -0.217. The molecule has 2 aliphatic heterocycles. The van der Waals surface area contributed by atoms with Crippen molar-refractivity contribution in [3.8, 4) is 23.5 Å². The van der Waals surface area contributed by atoms with Crippen LogP contribution in [0.25, 0.3) is 11.3 Å². The van der Waals surface area contributed by atoms with Crippen molar-refractivity contribution in [3.05, 3.63) is 52.7 Å². The SMILES string of the molecule is N#CN1[C@H]2CC[C@@H]1[C@H](NC(=O)c1ccc(-c3cccc(C4(C#N)CC4)n3)cc1Cl)C2. The number of carbonyl (C=O) groups is 1. The first kappa shape index (κ1) is 18.9. The van der Waals surface area contributed by atoms with E-state index in [0.717, 1.165) is 49.1 Å². The molecule has 6 nitrogen and oxygen atoms in total. The zero-order valence-corrected chi connectivity index (χ0v) is 17.1. The highest BCUT2D eigenvalue weighted by Crippen LogP contribution is 2.47. The number of nitriles is 2. The molecule has 0 unspecified atom stereocenters. The molecule has 30 heavy (non-hydrogen) atoms. The number of aromatic nitrogens is 1. The lowest BCUT2D eigenvalue weighted by Gasteiger charge is -2.22. The van der Waals surface area contributed by atoms with Crippen molar-refractivity contribution in [1.29, 1.82) is 10.5 Å². The molecule has 2 saturated heterocycles. The van der Waals surface area contributed by atoms with Crippen molar-refractivity contribution < 1.29 is 4.79 Å². The molecule has 1 aromatic heterocycles. The predicted molar refractivity (Wildman–Crippen MR) is 111 cm³/mol. The number of amides is 1. The highest BCUT2D eigenvalue weighted by Gasteiger charge is 2.47. The van der Waals surface area contributed by atoms with Gasteiger partial charge in [0.15, 0.2) is 6.19 Å². The largest absolute Gasteiger partial charge is 0.347 e. The molecule has 2 bridgehead atoms. The fraction of sp³-hybridized carbons (Fsp3) is 0.391. The zero-order chi connectivity index (χ0) is 20.9. The van der Waals surface area contributed by atoms with Gasteiger partial charge in [-0.3, -0.25) is 9.78 Å². The summed E-state index contributed by atoms with van der Waals surface area (Å²) in [6.07, 6.45) is 6.69. The van der Waals surface area contributed by atoms with Crippen LogP contribution in [0.4, 0.5) is 0 Å². The van der Waals surface area contributed by atoms with Crippen molar-refractivity contribution in [2.24, 2.45) is 0 Å². The van der Waals surface area contributed by atoms with E-state index in [0.29, 0.717) is 10.6 Å². The molecule has 3 heterocycles. The lowest BCUT2D eigenvalue weighted by atomic mass is 9.95. The molecular weight excluding hydrogens is 398 g/mol. The van der Waals surface area contributed by atoms with E-state index in [2.05, 4.69) is 22.6 Å². The number of fused-ring (bicyclic) bond motifs is 2. The van der Waals surface area contributed by atoms with Gasteiger partial charge in [0.1, 0.15) is 0 Å². The Labute approximate surface area is 180 Å². The molecule has 1 aliphatic carbocycles. The summed E-state index contributed by atoms with van der Waals surface area (Å²) in [4.78, 5) is 19.3. The Morgan fingerprint density at radius 1 is 1.23 bits per heavy atom. The van der Waals surface area contributed by atoms with Crippen molar-refractivity contribution in [2.45, 2.75) is 55.6 Å². The van der Waals surface area contributed by atoms with Gasteiger partial charge in [0.2, 0.25) is 0 Å². The molecule has 1 aromatic carbocycles. The number of hydrogen-bond acceptors (Lipinski definition) is 5. The van der Waals surface area contributed by atoms with E-state index >= 15 is 0 Å². The van der Waals surface area contributed by atoms with Gasteiger partial charge < -0.3 is 10.2 Å². The lowest BCUT2D eigenvalue weighted by Crippen LogP contribution is -2.43. The number of nitrogens with zero attached hydrogens (tertiary/aromatic N) is 4. The first-order chi connectivity index (χ1) is 14.5. The summed E-state index contributed by atoms with van der Waals surface area (Å²) in [5.41, 5.74) is 2.30. The Morgan fingerprint density at radius 3 is 2.73 bits per heavy atom. The van der Waals surface area contributed by atoms with Gasteiger partial charge in [-0.2, -0.15) is 10.5 Å². The Kier molecular flexibility index (Phi) is 4.41. The minimum atomic E-state index is -0.447. The van der Waals surface area contributed by atoms with Crippen molar-refractivity contribution >= 4 is 17.5 Å². The molecule has 0 spiro atoms. The molecular formula is C23H20ClN5O. The van der Waals surface area contributed by atoms with Gasteiger partial charge in [-0.15, -0.1) is 0 Å². The Morgan fingerprint density at radius 2 is 2.07 bits per heavy atom. The topological polar surface area (TPSA) is 92.8 Å². The third-order valence-corrected chi connectivity index (χ3v) is 6.99. The molecule has 2 aromatic rings. The van der Waals surface area contributed by atoms with Gasteiger partial charge in [-0.1, -0.05) is 23.7 Å². The van der Waals surface area contributed by atoms with Gasteiger partial charge in [0.05, 0.1) is 45.5 Å². The summed E-state index contributed by atoms with van der Waals surface area (Å²) in [6, 6.07) is 13.7. The van der Waals surface area contributed by atoms with Crippen LogP contribution in [-0.4, -0.2) is 33.9 Å². The number of benzene rings is 1. The summed E-state index contributed by atoms with van der Waals surface area (Å²) in [6.45, 7) is 0. The quantitative estimate of drug-likeness (QED) is 0.764. The average molecular weight is 418 g/mol. The van der Waals surface area contributed by atoms with Gasteiger partial charge >= 0.3 is 0 Å². The van der Waals surface area contributed by atoms with Crippen LogP contribution in [-0.2, 0) is 5.41 Å². The van der Waals surface area contributed by atoms with Gasteiger partial charge in [-0.25, -0.2) is 0 Å². The van der Waals surface area contributed by atoms with E-state index in [1.807, 2.05) is 29.2 Å². The molecule has 3 atom stereocenters. The zero-order valence-electron chi connectivity index (χ0n) is 16.3. The predicted octanol–water partition coefficient (Wildman–Crippen LogP) is 3.77. The monoisotopic (exact) mass is 417 g/mol. The van der Waals surface area contributed by atoms with Crippen LogP contribution in [0.3, 0.4) is 0 Å². The van der Waals surface area contributed by atoms with Crippen LogP contribution in [0.15, 0.2) is 36.4 Å². The number of rotatable bonds is 4. The third-order valence-electron chi connectivity index (χ3n) is 6.68. The summed E-state index contributed by atoms with van der Waals surface area (Å²) >= 11 is 6.46. The number of carbonyl (C=O) groups excluding carboxylic acids is 1. The Balaban J connectivity index is 1.35. The van der Waals surface area contributed by atoms with Crippen molar-refractivity contribution in [3.63, 3.8) is 0 Å². The molecule has 3 aliphatic rings. The highest BCUT2D eigenvalue weighted by atomic mass is 35.5. The molecule has 1 saturated carbocycles. The van der Waals surface area contributed by atoms with E-state index < -0.39 is 5.41 Å². The average Bonchev–Trinajstić information content (AvgIpc) is 3.38. The minimum absolute atomic E-state index is 0.0225. The second-order valence-electron chi connectivity index (χ2n) is 8.42. The fourth-order valence-electron chi connectivity index (χ4n) is 4.82. The number of hydrogen-bond donors (Lipinski definition) is 1. The standard InChI is InChI=1S/C23H20ClN5O/c24-17-10-14(18-2-1-3-21(27-18)23(12-25)8-9-23)4-6-16(17)22(30)28-19-11-15-5-7-20(19)29(15)13-26/h1-4,6,10,15,19-20H,5,7-9,11H2,(H,28,30)/t15-,19+,20+/m0/s1. The van der Waals surface area contributed by atoms with Gasteiger partial charge in [0, 0.05) is 11.6 Å². The van der Waals surface area contributed by atoms with Crippen LogP contribution >= 0.6 is 11.6 Å². The van der Waals surface area contributed by atoms with Crippen molar-refractivity contribution in [1.82, 2.24) is 15.2 Å². The van der Waals surface area contributed by atoms with Crippen LogP contribution in [0, 0.1) is 22.8 Å². The molecule has 7 heteroatoms. The number of halogens is 1. The van der Waals surface area contributed by atoms with E-state index in [-0.39, 0.29) is 24.0 Å². The molecule has 150 valence electrons. The maximum Gasteiger partial charge on any atom is 0.253 e. The maximum absolute atomic E-state index is 12.8. The van der Waals surface area contributed by atoms with Crippen LogP contribution in [0.5, 0.6) is 0 Å². The number of nitrogens with one attached hydrogen (secondary N) is 1. The van der Waals surface area contributed by atoms with E-state index in [9.17, 15) is 15.3 Å². The van der Waals surface area contributed by atoms with Gasteiger partial charge in [-0.05, 0) is 56.4 Å². The van der Waals surface area contributed by atoms with Crippen LogP contribution in [0.2, 0.25) is 5.02 Å². The summed E-state index contributed by atoms with van der Waals surface area (Å²) < 4.78 is 0. The third kappa shape index (κ3) is 3.00. The van der Waals surface area contributed by atoms with Gasteiger partial charge in [0.25, 0.3) is 5.91 Å². The van der Waals surface area contributed by atoms with Crippen molar-refractivity contribution in [2.75, 3.05) is 0 Å². The maximum atomic E-state index is 12.8. The Bertz CT molecular complexity index is 1110. The molecule has 1 amide bonds. The normalized spacial score (nSPS) is 25.4. The van der Waals surface area contributed by atoms with E-state index in [4.69, 9.17) is 11.6 Å². The van der Waals surface area contributed by atoms with Crippen LogP contribution in [0.1, 0.15) is 48.2 Å². The first-order valence-electron chi connectivity index (χ1n) is 10.2. The Hall–Kier alpha value is -3.09. The van der Waals surface area contributed by atoms with E-state index in [1.165, 1.54) is 0 Å². The molecule has 5 rings (SSSR count). The smallest absolute Gasteiger partial charge is 0.253 e. The molecule has 0 radical (unpaired) electrons. The summed E-state index contributed by atoms with van der Waals surface area (Å²) in [5, 5.41) is 22.2. The molecule has 1 N–H and O–H groups in total. The lowest BCUT2D eigenvalue weighted by molar-refractivity contribution is 0.0928. The molecule has 3 fully saturated rings.